The van der Waals surface area contributed by atoms with Gasteiger partial charge in [-0.3, -0.25) is 0 Å². The first-order valence-electron chi connectivity index (χ1n) is 9.57. The molecule has 1 aliphatic rings. The number of anilines is 1. The van der Waals surface area contributed by atoms with E-state index in [4.69, 9.17) is 22.1 Å². The second kappa shape index (κ2) is 9.14. The first-order valence-corrected chi connectivity index (χ1v) is 9.95. The molecular weight excluding hydrogens is 358 g/mol. The van der Waals surface area contributed by atoms with Crippen LogP contribution in [-0.2, 0) is 0 Å². The molecule has 27 heavy (non-hydrogen) atoms. The largest absolute Gasteiger partial charge is 0.494 e. The first kappa shape index (κ1) is 19.6. The van der Waals surface area contributed by atoms with E-state index in [1.54, 1.807) is 6.20 Å². The number of rotatable bonds is 7. The molecule has 2 heterocycles. The fourth-order valence-corrected chi connectivity index (χ4v) is 3.77. The molecule has 0 saturated carbocycles. The SMILES string of the molecule is C=C(N)c1ccc(OCCCC2CCN(c3ccc(Cl)cn3)CC2)cc1C. The van der Waals surface area contributed by atoms with Crippen molar-refractivity contribution in [3.63, 3.8) is 0 Å². The standard InChI is InChI=1S/C22H28ClN3O/c1-16-14-20(6-7-21(16)17(2)24)27-13-3-4-18-9-11-26(12-10-18)22-8-5-19(23)15-25-22/h5-8,14-15,18H,2-4,9-13,24H2,1H3. The summed E-state index contributed by atoms with van der Waals surface area (Å²) >= 11 is 5.92. The summed E-state index contributed by atoms with van der Waals surface area (Å²) in [5.74, 6) is 2.70. The van der Waals surface area contributed by atoms with E-state index in [-0.39, 0.29) is 0 Å². The van der Waals surface area contributed by atoms with Crippen molar-refractivity contribution >= 4 is 23.1 Å². The lowest BCUT2D eigenvalue weighted by Gasteiger charge is -2.32. The Morgan fingerprint density at radius 1 is 1.30 bits per heavy atom. The Morgan fingerprint density at radius 2 is 2.07 bits per heavy atom. The zero-order valence-corrected chi connectivity index (χ0v) is 16.7. The van der Waals surface area contributed by atoms with Crippen LogP contribution < -0.4 is 15.4 Å². The van der Waals surface area contributed by atoms with Gasteiger partial charge in [0.05, 0.1) is 11.6 Å². The Morgan fingerprint density at radius 3 is 2.70 bits per heavy atom. The number of ether oxygens (including phenoxy) is 1. The number of aryl methyl sites for hydroxylation is 1. The van der Waals surface area contributed by atoms with Crippen molar-refractivity contribution in [2.75, 3.05) is 24.6 Å². The third kappa shape index (κ3) is 5.39. The third-order valence-corrected chi connectivity index (χ3v) is 5.44. The zero-order valence-electron chi connectivity index (χ0n) is 16.0. The minimum Gasteiger partial charge on any atom is -0.494 e. The predicted octanol–water partition coefficient (Wildman–Crippen LogP) is 5.05. The Balaban J connectivity index is 1.37. The monoisotopic (exact) mass is 385 g/mol. The average Bonchev–Trinajstić information content (AvgIpc) is 2.66. The lowest BCUT2D eigenvalue weighted by Crippen LogP contribution is -2.34. The minimum absolute atomic E-state index is 0.596. The van der Waals surface area contributed by atoms with Crippen molar-refractivity contribution in [1.82, 2.24) is 4.98 Å². The summed E-state index contributed by atoms with van der Waals surface area (Å²) in [6, 6.07) is 9.89. The molecule has 0 unspecified atom stereocenters. The molecule has 1 aliphatic heterocycles. The van der Waals surface area contributed by atoms with E-state index in [0.29, 0.717) is 10.7 Å². The van der Waals surface area contributed by atoms with Crippen LogP contribution >= 0.6 is 11.6 Å². The van der Waals surface area contributed by atoms with Crippen molar-refractivity contribution in [3.05, 3.63) is 59.3 Å². The maximum Gasteiger partial charge on any atom is 0.128 e. The topological polar surface area (TPSA) is 51.4 Å². The number of nitrogens with zero attached hydrogens (tertiary/aromatic N) is 2. The molecule has 0 bridgehead atoms. The molecule has 0 spiro atoms. The van der Waals surface area contributed by atoms with E-state index in [2.05, 4.69) is 16.5 Å². The third-order valence-electron chi connectivity index (χ3n) is 5.22. The lowest BCUT2D eigenvalue weighted by molar-refractivity contribution is 0.279. The van der Waals surface area contributed by atoms with Crippen LogP contribution in [0, 0.1) is 12.8 Å². The van der Waals surface area contributed by atoms with Crippen LogP contribution in [0.25, 0.3) is 5.70 Å². The van der Waals surface area contributed by atoms with Gasteiger partial charge in [0.1, 0.15) is 11.6 Å². The van der Waals surface area contributed by atoms with Gasteiger partial charge in [0.2, 0.25) is 0 Å². The molecule has 144 valence electrons. The number of piperidine rings is 1. The van der Waals surface area contributed by atoms with Gasteiger partial charge < -0.3 is 15.4 Å². The van der Waals surface area contributed by atoms with Crippen LogP contribution in [0.5, 0.6) is 5.75 Å². The Bertz CT molecular complexity index is 768. The van der Waals surface area contributed by atoms with Crippen molar-refractivity contribution < 1.29 is 4.74 Å². The van der Waals surface area contributed by atoms with Crippen molar-refractivity contribution in [3.8, 4) is 5.75 Å². The van der Waals surface area contributed by atoms with Gasteiger partial charge in [0, 0.05) is 25.0 Å². The van der Waals surface area contributed by atoms with Crippen LogP contribution in [0.3, 0.4) is 0 Å². The number of pyridine rings is 1. The Hall–Kier alpha value is -2.20. The zero-order chi connectivity index (χ0) is 19.2. The summed E-state index contributed by atoms with van der Waals surface area (Å²) in [6.07, 6.45) is 6.41. The van der Waals surface area contributed by atoms with Crippen molar-refractivity contribution in [1.29, 1.82) is 0 Å². The van der Waals surface area contributed by atoms with E-state index in [0.717, 1.165) is 54.7 Å². The fraction of sp³-hybridized carbons (Fsp3) is 0.409. The minimum atomic E-state index is 0.596. The maximum atomic E-state index is 5.92. The molecular formula is C22H28ClN3O. The van der Waals surface area contributed by atoms with Gasteiger partial charge in [-0.25, -0.2) is 4.98 Å². The summed E-state index contributed by atoms with van der Waals surface area (Å²) < 4.78 is 5.91. The smallest absolute Gasteiger partial charge is 0.128 e. The van der Waals surface area contributed by atoms with E-state index in [1.165, 1.54) is 19.3 Å². The molecule has 5 heteroatoms. The van der Waals surface area contributed by atoms with E-state index >= 15 is 0 Å². The van der Waals surface area contributed by atoms with Crippen LogP contribution in [0.1, 0.15) is 36.8 Å². The summed E-state index contributed by atoms with van der Waals surface area (Å²) in [4.78, 5) is 6.77. The molecule has 4 nitrogen and oxygen atoms in total. The molecule has 1 aromatic heterocycles. The number of nitrogens with two attached hydrogens (primary N) is 1. The maximum absolute atomic E-state index is 5.92. The van der Waals surface area contributed by atoms with Crippen LogP contribution in [0.15, 0.2) is 43.1 Å². The highest BCUT2D eigenvalue weighted by molar-refractivity contribution is 6.30. The molecule has 1 saturated heterocycles. The summed E-state index contributed by atoms with van der Waals surface area (Å²) in [5.41, 5.74) is 8.46. The first-order chi connectivity index (χ1) is 13.0. The molecule has 0 amide bonds. The van der Waals surface area contributed by atoms with Gasteiger partial charge in [-0.2, -0.15) is 0 Å². The van der Waals surface area contributed by atoms with Gasteiger partial charge in [0.25, 0.3) is 0 Å². The predicted molar refractivity (Wildman–Crippen MR) is 113 cm³/mol. The quantitative estimate of drug-likeness (QED) is 0.677. The molecule has 1 fully saturated rings. The summed E-state index contributed by atoms with van der Waals surface area (Å²) in [6.45, 7) is 8.70. The highest BCUT2D eigenvalue weighted by Gasteiger charge is 2.19. The summed E-state index contributed by atoms with van der Waals surface area (Å²) in [7, 11) is 0. The fourth-order valence-electron chi connectivity index (χ4n) is 3.65. The molecule has 2 aromatic rings. The van der Waals surface area contributed by atoms with Gasteiger partial charge in [-0.15, -0.1) is 0 Å². The van der Waals surface area contributed by atoms with E-state index < -0.39 is 0 Å². The highest BCUT2D eigenvalue weighted by Crippen LogP contribution is 2.26. The number of benzene rings is 1. The lowest BCUT2D eigenvalue weighted by atomic mass is 9.92. The van der Waals surface area contributed by atoms with Crippen LogP contribution in [0.4, 0.5) is 5.82 Å². The number of hydrogen-bond donors (Lipinski definition) is 1. The van der Waals surface area contributed by atoms with Gasteiger partial charge >= 0.3 is 0 Å². The number of halogens is 1. The average molecular weight is 386 g/mol. The molecule has 2 N–H and O–H groups in total. The van der Waals surface area contributed by atoms with Crippen LogP contribution in [-0.4, -0.2) is 24.7 Å². The molecule has 0 atom stereocenters. The van der Waals surface area contributed by atoms with Gasteiger partial charge in [-0.05, 0) is 80.0 Å². The van der Waals surface area contributed by atoms with E-state index in [1.807, 2.05) is 37.3 Å². The second-order valence-electron chi connectivity index (χ2n) is 7.26. The van der Waals surface area contributed by atoms with Gasteiger partial charge in [-0.1, -0.05) is 18.2 Å². The van der Waals surface area contributed by atoms with Crippen LogP contribution in [0.2, 0.25) is 5.02 Å². The highest BCUT2D eigenvalue weighted by atomic mass is 35.5. The Kier molecular flexibility index (Phi) is 6.62. The normalized spacial score (nSPS) is 15.0. The molecule has 0 aliphatic carbocycles. The number of aromatic nitrogens is 1. The molecule has 0 radical (unpaired) electrons. The Labute approximate surface area is 167 Å². The van der Waals surface area contributed by atoms with Crippen molar-refractivity contribution in [2.24, 2.45) is 11.7 Å². The van der Waals surface area contributed by atoms with E-state index in [9.17, 15) is 0 Å². The van der Waals surface area contributed by atoms with Crippen molar-refractivity contribution in [2.45, 2.75) is 32.6 Å². The summed E-state index contributed by atoms with van der Waals surface area (Å²) in [5, 5.41) is 0.687. The molecule has 3 rings (SSSR count). The van der Waals surface area contributed by atoms with Gasteiger partial charge in [0.15, 0.2) is 0 Å². The molecule has 1 aromatic carbocycles. The second-order valence-corrected chi connectivity index (χ2v) is 7.69. The number of hydrogen-bond acceptors (Lipinski definition) is 4.